The van der Waals surface area contributed by atoms with E-state index in [2.05, 4.69) is 0 Å². The number of carbonyl (C=O) groups excluding carboxylic acids is 1. The number of hydrogen-bond acceptors (Lipinski definition) is 2. The standard InChI is InChI=1S/C13H15FO2/c1-2-11(14)13(9-8-12(15)16-13)10-6-4-3-5-7-10/h3-7,11H,2,8-9H2,1H3/t11-,13+/m0/s1. The van der Waals surface area contributed by atoms with Crippen LogP contribution in [0.15, 0.2) is 30.3 Å². The third-order valence-corrected chi connectivity index (χ3v) is 3.12. The Morgan fingerprint density at radius 3 is 2.62 bits per heavy atom. The molecule has 0 bridgehead atoms. The second-order valence-corrected chi connectivity index (χ2v) is 4.11. The van der Waals surface area contributed by atoms with E-state index in [0.717, 1.165) is 5.56 Å². The summed E-state index contributed by atoms with van der Waals surface area (Å²) in [6, 6.07) is 9.19. The van der Waals surface area contributed by atoms with Gasteiger partial charge in [0.2, 0.25) is 0 Å². The van der Waals surface area contributed by atoms with Gasteiger partial charge in [-0.2, -0.15) is 0 Å². The highest BCUT2D eigenvalue weighted by atomic mass is 19.1. The molecule has 0 aliphatic carbocycles. The van der Waals surface area contributed by atoms with E-state index in [4.69, 9.17) is 4.74 Å². The molecule has 3 heteroatoms. The number of alkyl halides is 1. The van der Waals surface area contributed by atoms with Gasteiger partial charge in [0.25, 0.3) is 0 Å². The Hall–Kier alpha value is -1.38. The van der Waals surface area contributed by atoms with E-state index in [1.807, 2.05) is 30.3 Å². The fraction of sp³-hybridized carbons (Fsp3) is 0.462. The van der Waals surface area contributed by atoms with Crippen LogP contribution >= 0.6 is 0 Å². The molecule has 0 saturated carbocycles. The Morgan fingerprint density at radius 2 is 2.12 bits per heavy atom. The molecule has 0 amide bonds. The molecule has 0 spiro atoms. The van der Waals surface area contributed by atoms with Crippen LogP contribution in [0.1, 0.15) is 31.7 Å². The lowest BCUT2D eigenvalue weighted by atomic mass is 9.85. The minimum absolute atomic E-state index is 0.301. The lowest BCUT2D eigenvalue weighted by Crippen LogP contribution is -2.36. The summed E-state index contributed by atoms with van der Waals surface area (Å²) in [5, 5.41) is 0. The molecule has 1 aromatic carbocycles. The van der Waals surface area contributed by atoms with Crippen molar-refractivity contribution in [3.05, 3.63) is 35.9 Å². The first-order valence-corrected chi connectivity index (χ1v) is 5.60. The summed E-state index contributed by atoms with van der Waals surface area (Å²) in [6.07, 6.45) is -0.0520. The lowest BCUT2D eigenvalue weighted by Gasteiger charge is -2.31. The molecule has 1 heterocycles. The summed E-state index contributed by atoms with van der Waals surface area (Å²) in [5.41, 5.74) is -0.289. The molecule has 0 N–H and O–H groups in total. The van der Waals surface area contributed by atoms with Crippen molar-refractivity contribution >= 4 is 5.97 Å². The molecular formula is C13H15FO2. The fourth-order valence-electron chi connectivity index (χ4n) is 2.25. The number of ether oxygens (including phenoxy) is 1. The van der Waals surface area contributed by atoms with Crippen molar-refractivity contribution in [2.24, 2.45) is 0 Å². The van der Waals surface area contributed by atoms with Crippen molar-refractivity contribution in [2.75, 3.05) is 0 Å². The Kier molecular flexibility index (Phi) is 2.95. The van der Waals surface area contributed by atoms with Crippen molar-refractivity contribution in [1.82, 2.24) is 0 Å². The number of rotatable bonds is 3. The molecule has 1 saturated heterocycles. The molecule has 1 aliphatic heterocycles. The monoisotopic (exact) mass is 222 g/mol. The van der Waals surface area contributed by atoms with Gasteiger partial charge in [0.1, 0.15) is 6.17 Å². The van der Waals surface area contributed by atoms with E-state index >= 15 is 0 Å². The Morgan fingerprint density at radius 1 is 1.44 bits per heavy atom. The van der Waals surface area contributed by atoms with Crippen molar-refractivity contribution in [3.8, 4) is 0 Å². The van der Waals surface area contributed by atoms with Gasteiger partial charge in [0, 0.05) is 12.8 Å². The highest BCUT2D eigenvalue weighted by molar-refractivity contribution is 5.72. The van der Waals surface area contributed by atoms with Gasteiger partial charge in [0.05, 0.1) is 0 Å². The molecule has 1 aliphatic rings. The molecule has 1 aromatic rings. The van der Waals surface area contributed by atoms with Crippen LogP contribution < -0.4 is 0 Å². The van der Waals surface area contributed by atoms with E-state index in [1.54, 1.807) is 6.92 Å². The zero-order valence-electron chi connectivity index (χ0n) is 9.28. The van der Waals surface area contributed by atoms with E-state index in [-0.39, 0.29) is 5.97 Å². The Bertz CT molecular complexity index is 377. The topological polar surface area (TPSA) is 26.3 Å². The van der Waals surface area contributed by atoms with Crippen molar-refractivity contribution in [1.29, 1.82) is 0 Å². The first-order chi connectivity index (χ1) is 7.69. The number of esters is 1. The number of carbonyl (C=O) groups is 1. The van der Waals surface area contributed by atoms with E-state index < -0.39 is 11.8 Å². The van der Waals surface area contributed by atoms with Gasteiger partial charge in [-0.3, -0.25) is 4.79 Å². The predicted molar refractivity (Wildman–Crippen MR) is 58.6 cm³/mol. The Labute approximate surface area is 94.4 Å². The zero-order valence-corrected chi connectivity index (χ0v) is 9.28. The zero-order chi connectivity index (χ0) is 11.6. The van der Waals surface area contributed by atoms with Crippen LogP contribution in [0.25, 0.3) is 0 Å². The summed E-state index contributed by atoms with van der Waals surface area (Å²) in [4.78, 5) is 11.3. The normalized spacial score (nSPS) is 26.5. The lowest BCUT2D eigenvalue weighted by molar-refractivity contribution is -0.155. The SMILES string of the molecule is CC[C@H](F)[C@]1(c2ccccc2)CCC(=O)O1. The van der Waals surface area contributed by atoms with Gasteiger partial charge in [-0.05, 0) is 12.0 Å². The van der Waals surface area contributed by atoms with Gasteiger partial charge < -0.3 is 4.74 Å². The van der Waals surface area contributed by atoms with Crippen molar-refractivity contribution in [2.45, 2.75) is 38.0 Å². The number of cyclic esters (lactones) is 1. The molecule has 16 heavy (non-hydrogen) atoms. The van der Waals surface area contributed by atoms with Crippen molar-refractivity contribution in [3.63, 3.8) is 0 Å². The van der Waals surface area contributed by atoms with Crippen LogP contribution in [-0.4, -0.2) is 12.1 Å². The second kappa shape index (κ2) is 4.24. The minimum atomic E-state index is -1.14. The van der Waals surface area contributed by atoms with Gasteiger partial charge >= 0.3 is 5.97 Å². The average Bonchev–Trinajstić information content (AvgIpc) is 2.73. The second-order valence-electron chi connectivity index (χ2n) is 4.11. The molecule has 86 valence electrons. The number of halogens is 1. The largest absolute Gasteiger partial charge is 0.451 e. The fourth-order valence-corrected chi connectivity index (χ4v) is 2.25. The quantitative estimate of drug-likeness (QED) is 0.735. The molecule has 2 nitrogen and oxygen atoms in total. The Balaban J connectivity index is 2.39. The average molecular weight is 222 g/mol. The molecule has 2 rings (SSSR count). The van der Waals surface area contributed by atoms with Crippen molar-refractivity contribution < 1.29 is 13.9 Å². The van der Waals surface area contributed by atoms with Gasteiger partial charge in [-0.1, -0.05) is 37.3 Å². The smallest absolute Gasteiger partial charge is 0.306 e. The number of benzene rings is 1. The van der Waals surface area contributed by atoms with Crippen LogP contribution in [0, 0.1) is 0 Å². The molecular weight excluding hydrogens is 207 g/mol. The summed E-state index contributed by atoms with van der Waals surface area (Å²) in [6.45, 7) is 1.77. The number of hydrogen-bond donors (Lipinski definition) is 0. The highest BCUT2D eigenvalue weighted by Gasteiger charge is 2.48. The van der Waals surface area contributed by atoms with Crippen LogP contribution in [0.3, 0.4) is 0 Å². The maximum absolute atomic E-state index is 14.1. The van der Waals surface area contributed by atoms with Crippen LogP contribution in [0.2, 0.25) is 0 Å². The van der Waals surface area contributed by atoms with Crippen LogP contribution in [0.4, 0.5) is 4.39 Å². The summed E-state index contributed by atoms with van der Waals surface area (Å²) in [7, 11) is 0. The molecule has 0 aromatic heterocycles. The van der Waals surface area contributed by atoms with Crippen LogP contribution in [-0.2, 0) is 15.1 Å². The van der Waals surface area contributed by atoms with Gasteiger partial charge in [-0.15, -0.1) is 0 Å². The molecule has 1 fully saturated rings. The third-order valence-electron chi connectivity index (χ3n) is 3.12. The van der Waals surface area contributed by atoms with E-state index in [1.165, 1.54) is 0 Å². The first kappa shape index (κ1) is 11.1. The summed E-state index contributed by atoms with van der Waals surface area (Å²) >= 11 is 0. The highest BCUT2D eigenvalue weighted by Crippen LogP contribution is 2.42. The summed E-state index contributed by atoms with van der Waals surface area (Å²) in [5.74, 6) is -0.306. The first-order valence-electron chi connectivity index (χ1n) is 5.60. The third kappa shape index (κ3) is 1.70. The van der Waals surface area contributed by atoms with Gasteiger partial charge in [-0.25, -0.2) is 4.39 Å². The van der Waals surface area contributed by atoms with E-state index in [9.17, 15) is 9.18 Å². The molecule has 2 atom stereocenters. The minimum Gasteiger partial charge on any atom is -0.451 e. The molecule has 0 radical (unpaired) electrons. The molecule has 0 unspecified atom stereocenters. The van der Waals surface area contributed by atoms with Gasteiger partial charge in [0.15, 0.2) is 5.60 Å². The van der Waals surface area contributed by atoms with E-state index in [0.29, 0.717) is 19.3 Å². The van der Waals surface area contributed by atoms with Crippen LogP contribution in [0.5, 0.6) is 0 Å². The maximum atomic E-state index is 14.1. The maximum Gasteiger partial charge on any atom is 0.306 e. The summed E-state index contributed by atoms with van der Waals surface area (Å²) < 4.78 is 19.3. The predicted octanol–water partition coefficient (Wildman–Crippen LogP) is 2.97.